The summed E-state index contributed by atoms with van der Waals surface area (Å²) in [6.45, 7) is 4.48. The molecule has 0 radical (unpaired) electrons. The first-order valence-electron chi connectivity index (χ1n) is 6.41. The Labute approximate surface area is 112 Å². The topological polar surface area (TPSA) is 50.8 Å². The fourth-order valence-electron chi connectivity index (χ4n) is 2.85. The van der Waals surface area contributed by atoms with E-state index >= 15 is 0 Å². The third kappa shape index (κ3) is 2.09. The second-order valence-corrected chi connectivity index (χ2v) is 5.85. The summed E-state index contributed by atoms with van der Waals surface area (Å²) in [5.41, 5.74) is 6.53. The number of methoxy groups -OCH3 is 1. The van der Waals surface area contributed by atoms with Crippen LogP contribution in [-0.2, 0) is 22.3 Å². The van der Waals surface area contributed by atoms with Gasteiger partial charge < -0.3 is 9.47 Å². The lowest BCUT2D eigenvalue weighted by Gasteiger charge is -2.18. The van der Waals surface area contributed by atoms with Crippen LogP contribution in [0.5, 0.6) is 0 Å². The Hall–Kier alpha value is -1.59. The minimum atomic E-state index is -0.710. The highest BCUT2D eigenvalue weighted by molar-refractivity contribution is 5.89. The number of nitrogens with one attached hydrogen (secondary N) is 1. The zero-order valence-electron chi connectivity index (χ0n) is 11.4. The van der Waals surface area contributed by atoms with E-state index in [1.54, 1.807) is 0 Å². The smallest absolute Gasteiger partial charge is 0.402 e. The van der Waals surface area contributed by atoms with Gasteiger partial charge in [-0.05, 0) is 35.4 Å². The van der Waals surface area contributed by atoms with Gasteiger partial charge in [-0.2, -0.15) is 5.43 Å². The highest BCUT2D eigenvalue weighted by atomic mass is 16.7. The molecule has 1 N–H and O–H groups in total. The van der Waals surface area contributed by atoms with E-state index in [9.17, 15) is 4.79 Å². The van der Waals surface area contributed by atoms with Crippen LogP contribution in [0.1, 0.15) is 25.0 Å². The lowest BCUT2D eigenvalue weighted by molar-refractivity contribution is -0.0722. The van der Waals surface area contributed by atoms with Gasteiger partial charge in [0.25, 0.3) is 6.41 Å². The van der Waals surface area contributed by atoms with Crippen LogP contribution in [0.2, 0.25) is 0 Å². The minimum absolute atomic E-state index is 0.239. The number of benzene rings is 1. The molecule has 1 atom stereocenters. The van der Waals surface area contributed by atoms with Crippen molar-refractivity contribution < 1.29 is 14.3 Å². The number of carbonyl (C=O) groups excluding carboxylic acids is 1. The van der Waals surface area contributed by atoms with Gasteiger partial charge in [-0.1, -0.05) is 26.0 Å². The first-order valence-corrected chi connectivity index (χ1v) is 6.41. The molecule has 1 heterocycles. The molecule has 3 rings (SSSR count). The second-order valence-electron chi connectivity index (χ2n) is 5.85. The molecule has 1 unspecified atom stereocenters. The molecule has 1 aromatic rings. The number of hydrogen-bond acceptors (Lipinski definition) is 4. The number of cyclic esters (lactones) is 1. The molecular formula is C14H18N2O3. The normalized spacial score (nSPS) is 24.5. The summed E-state index contributed by atoms with van der Waals surface area (Å²) in [5.74, 6) is 0. The van der Waals surface area contributed by atoms with Gasteiger partial charge in [-0.25, -0.2) is 9.80 Å². The Morgan fingerprint density at radius 1 is 1.42 bits per heavy atom. The molecule has 1 aliphatic heterocycles. The lowest BCUT2D eigenvalue weighted by atomic mass is 9.90. The SMILES string of the molecule is COC1NN(c2cccc3c2CC(C)(C)C3)C(=O)O1. The summed E-state index contributed by atoms with van der Waals surface area (Å²) >= 11 is 0. The zero-order valence-corrected chi connectivity index (χ0v) is 11.4. The molecule has 1 fully saturated rings. The molecule has 0 aromatic heterocycles. The maximum absolute atomic E-state index is 11.9. The molecule has 19 heavy (non-hydrogen) atoms. The number of rotatable bonds is 2. The van der Waals surface area contributed by atoms with Crippen LogP contribution in [0.3, 0.4) is 0 Å². The molecule has 1 aliphatic carbocycles. The van der Waals surface area contributed by atoms with Crippen LogP contribution < -0.4 is 10.4 Å². The Bertz CT molecular complexity index is 527. The lowest BCUT2D eigenvalue weighted by Crippen LogP contribution is -2.38. The summed E-state index contributed by atoms with van der Waals surface area (Å²) in [5, 5.41) is 1.44. The monoisotopic (exact) mass is 262 g/mol. The molecule has 102 valence electrons. The fraction of sp³-hybridized carbons (Fsp3) is 0.500. The van der Waals surface area contributed by atoms with Crippen molar-refractivity contribution in [2.45, 2.75) is 33.1 Å². The molecule has 1 aromatic carbocycles. The van der Waals surface area contributed by atoms with Crippen LogP contribution in [0.4, 0.5) is 10.5 Å². The average Bonchev–Trinajstić information content (AvgIpc) is 2.86. The van der Waals surface area contributed by atoms with Crippen LogP contribution in [0, 0.1) is 5.41 Å². The van der Waals surface area contributed by atoms with Crippen LogP contribution in [0.15, 0.2) is 18.2 Å². The number of ether oxygens (including phenoxy) is 2. The largest absolute Gasteiger partial charge is 0.432 e. The highest BCUT2D eigenvalue weighted by Gasteiger charge is 2.37. The Morgan fingerprint density at radius 3 is 2.89 bits per heavy atom. The molecular weight excluding hydrogens is 244 g/mol. The minimum Gasteiger partial charge on any atom is -0.402 e. The maximum Gasteiger partial charge on any atom is 0.432 e. The first kappa shape index (κ1) is 12.4. The number of hydrogen-bond donors (Lipinski definition) is 1. The Balaban J connectivity index is 1.96. The molecule has 5 heteroatoms. The Kier molecular flexibility index (Phi) is 2.76. The molecule has 0 saturated carbocycles. The first-order chi connectivity index (χ1) is 9.00. The number of hydrazine groups is 1. The van der Waals surface area contributed by atoms with Gasteiger partial charge in [0.15, 0.2) is 0 Å². The van der Waals surface area contributed by atoms with Gasteiger partial charge in [0.1, 0.15) is 0 Å². The fourth-order valence-corrected chi connectivity index (χ4v) is 2.85. The van der Waals surface area contributed by atoms with Crippen LogP contribution in [0.25, 0.3) is 0 Å². The molecule has 0 spiro atoms. The van der Waals surface area contributed by atoms with Crippen molar-refractivity contribution in [2.24, 2.45) is 5.41 Å². The van der Waals surface area contributed by atoms with Crippen molar-refractivity contribution >= 4 is 11.8 Å². The summed E-state index contributed by atoms with van der Waals surface area (Å²) in [7, 11) is 1.49. The number of fused-ring (bicyclic) bond motifs is 1. The van der Waals surface area contributed by atoms with Crippen LogP contribution in [-0.4, -0.2) is 19.6 Å². The number of carbonyl (C=O) groups is 1. The summed E-state index contributed by atoms with van der Waals surface area (Å²) < 4.78 is 10.0. The van der Waals surface area contributed by atoms with Crippen molar-refractivity contribution in [3.8, 4) is 0 Å². The van der Waals surface area contributed by atoms with Gasteiger partial charge in [0.2, 0.25) is 0 Å². The zero-order chi connectivity index (χ0) is 13.6. The van der Waals surface area contributed by atoms with Gasteiger partial charge in [-0.3, -0.25) is 0 Å². The predicted octanol–water partition coefficient (Wildman–Crippen LogP) is 2.20. The van der Waals surface area contributed by atoms with Gasteiger partial charge in [0.05, 0.1) is 5.69 Å². The van der Waals surface area contributed by atoms with E-state index in [1.165, 1.54) is 23.2 Å². The van der Waals surface area contributed by atoms with Gasteiger partial charge >= 0.3 is 6.09 Å². The van der Waals surface area contributed by atoms with Crippen molar-refractivity contribution in [3.05, 3.63) is 29.3 Å². The standard InChI is InChI=1S/C14H18N2O3/c1-14(2)7-9-5-4-6-11(10(9)8-14)16-13(17)19-12(15-16)18-3/h4-6,12,15H,7-8H2,1-3H3. The van der Waals surface area contributed by atoms with E-state index < -0.39 is 12.5 Å². The summed E-state index contributed by atoms with van der Waals surface area (Å²) in [4.78, 5) is 11.9. The third-order valence-electron chi connectivity index (χ3n) is 3.65. The van der Waals surface area contributed by atoms with E-state index in [-0.39, 0.29) is 5.41 Å². The van der Waals surface area contributed by atoms with E-state index in [2.05, 4.69) is 25.3 Å². The number of anilines is 1. The van der Waals surface area contributed by atoms with E-state index in [0.717, 1.165) is 18.5 Å². The van der Waals surface area contributed by atoms with Crippen LogP contribution >= 0.6 is 0 Å². The van der Waals surface area contributed by atoms with Crippen molar-refractivity contribution in [2.75, 3.05) is 12.1 Å². The summed E-state index contributed by atoms with van der Waals surface area (Å²) in [6, 6.07) is 6.04. The molecule has 0 bridgehead atoms. The van der Waals surface area contributed by atoms with E-state index in [0.29, 0.717) is 0 Å². The number of amides is 1. The van der Waals surface area contributed by atoms with Crippen molar-refractivity contribution in [3.63, 3.8) is 0 Å². The molecule has 2 aliphatic rings. The second kappa shape index (κ2) is 4.21. The van der Waals surface area contributed by atoms with E-state index in [4.69, 9.17) is 9.47 Å². The third-order valence-corrected chi connectivity index (χ3v) is 3.65. The van der Waals surface area contributed by atoms with Crippen molar-refractivity contribution in [1.82, 2.24) is 5.43 Å². The quantitative estimate of drug-likeness (QED) is 0.887. The van der Waals surface area contributed by atoms with Gasteiger partial charge in [0, 0.05) is 7.11 Å². The highest BCUT2D eigenvalue weighted by Crippen LogP contribution is 2.41. The number of nitrogens with zero attached hydrogens (tertiary/aromatic N) is 1. The maximum atomic E-state index is 11.9. The Morgan fingerprint density at radius 2 is 2.21 bits per heavy atom. The summed E-state index contributed by atoms with van der Waals surface area (Å²) in [6.07, 6.45) is 0.858. The molecule has 1 amide bonds. The van der Waals surface area contributed by atoms with Gasteiger partial charge in [-0.15, -0.1) is 0 Å². The molecule has 1 saturated heterocycles. The van der Waals surface area contributed by atoms with E-state index in [1.807, 2.05) is 12.1 Å². The average molecular weight is 262 g/mol. The molecule has 5 nitrogen and oxygen atoms in total. The van der Waals surface area contributed by atoms with Crippen molar-refractivity contribution in [1.29, 1.82) is 0 Å². The predicted molar refractivity (Wildman–Crippen MR) is 70.5 cm³/mol.